The number of halogens is 1. The van der Waals surface area contributed by atoms with Crippen molar-refractivity contribution in [2.45, 2.75) is 13.0 Å². The fraction of sp³-hybridized carbons (Fsp3) is 0.500. The van der Waals surface area contributed by atoms with E-state index in [1.54, 1.807) is 0 Å². The summed E-state index contributed by atoms with van der Waals surface area (Å²) in [6.45, 7) is 3.28. The number of rotatable bonds is 5. The summed E-state index contributed by atoms with van der Waals surface area (Å²) < 4.78 is 1.05. The molecule has 90 valence electrons. The number of aliphatic hydroxyl groups is 1. The first kappa shape index (κ1) is 13.5. The molecule has 0 aliphatic heterocycles. The van der Waals surface area contributed by atoms with Crippen LogP contribution in [0.3, 0.4) is 0 Å². The van der Waals surface area contributed by atoms with Crippen LogP contribution in [0.25, 0.3) is 0 Å². The second-order valence-electron chi connectivity index (χ2n) is 4.31. The third-order valence-corrected chi connectivity index (χ3v) is 2.62. The maximum atomic E-state index is 9.70. The zero-order chi connectivity index (χ0) is 12.1. The van der Waals surface area contributed by atoms with Crippen molar-refractivity contribution in [2.24, 2.45) is 0 Å². The van der Waals surface area contributed by atoms with Crippen LogP contribution in [0, 0.1) is 6.92 Å². The summed E-state index contributed by atoms with van der Waals surface area (Å²) in [5.74, 6) is 0. The van der Waals surface area contributed by atoms with E-state index in [0.717, 1.165) is 10.2 Å². The summed E-state index contributed by atoms with van der Waals surface area (Å²) >= 11 is 3.45. The van der Waals surface area contributed by atoms with Gasteiger partial charge in [0.15, 0.2) is 0 Å². The predicted octanol–water partition coefficient (Wildman–Crippen LogP) is 2.09. The van der Waals surface area contributed by atoms with Gasteiger partial charge in [-0.1, -0.05) is 15.9 Å². The summed E-state index contributed by atoms with van der Waals surface area (Å²) in [7, 11) is 3.90. The van der Waals surface area contributed by atoms with Crippen molar-refractivity contribution in [1.29, 1.82) is 0 Å². The monoisotopic (exact) mass is 286 g/mol. The van der Waals surface area contributed by atoms with Gasteiger partial charge in [-0.3, -0.25) is 0 Å². The second kappa shape index (κ2) is 6.23. The van der Waals surface area contributed by atoms with Gasteiger partial charge in [-0.15, -0.1) is 0 Å². The molecule has 0 radical (unpaired) electrons. The number of hydrogen-bond acceptors (Lipinski definition) is 3. The van der Waals surface area contributed by atoms with Crippen LogP contribution in [0.15, 0.2) is 22.7 Å². The van der Waals surface area contributed by atoms with Crippen molar-refractivity contribution in [1.82, 2.24) is 4.90 Å². The Morgan fingerprint density at radius 3 is 2.62 bits per heavy atom. The Balaban J connectivity index is 2.48. The van der Waals surface area contributed by atoms with Crippen molar-refractivity contribution in [3.63, 3.8) is 0 Å². The first-order valence-electron chi connectivity index (χ1n) is 5.31. The number of likely N-dealkylation sites (N-methyl/N-ethyl adjacent to an activating group) is 1. The quantitative estimate of drug-likeness (QED) is 0.870. The maximum absolute atomic E-state index is 9.70. The minimum Gasteiger partial charge on any atom is -0.390 e. The molecule has 0 aliphatic rings. The standard InChI is InChI=1S/C12H19BrN2O/c1-9-4-10(13)6-11(5-9)14-7-12(16)8-15(2)3/h4-6,12,14,16H,7-8H2,1-3H3. The van der Waals surface area contributed by atoms with E-state index >= 15 is 0 Å². The van der Waals surface area contributed by atoms with Crippen LogP contribution in [-0.2, 0) is 0 Å². The van der Waals surface area contributed by atoms with E-state index in [-0.39, 0.29) is 6.10 Å². The molecule has 1 atom stereocenters. The lowest BCUT2D eigenvalue weighted by Gasteiger charge is -2.17. The van der Waals surface area contributed by atoms with Crippen LogP contribution in [0.4, 0.5) is 5.69 Å². The van der Waals surface area contributed by atoms with E-state index in [1.165, 1.54) is 5.56 Å². The average molecular weight is 287 g/mol. The van der Waals surface area contributed by atoms with Gasteiger partial charge in [0.1, 0.15) is 0 Å². The van der Waals surface area contributed by atoms with Gasteiger partial charge in [-0.05, 0) is 44.8 Å². The lowest BCUT2D eigenvalue weighted by atomic mass is 10.2. The smallest absolute Gasteiger partial charge is 0.0838 e. The first-order valence-corrected chi connectivity index (χ1v) is 6.10. The Kier molecular flexibility index (Phi) is 5.25. The van der Waals surface area contributed by atoms with Crippen molar-refractivity contribution in [3.05, 3.63) is 28.2 Å². The van der Waals surface area contributed by atoms with E-state index < -0.39 is 0 Å². The fourth-order valence-electron chi connectivity index (χ4n) is 1.56. The van der Waals surface area contributed by atoms with E-state index in [0.29, 0.717) is 13.1 Å². The molecule has 0 saturated heterocycles. The Morgan fingerprint density at radius 2 is 2.06 bits per heavy atom. The van der Waals surface area contributed by atoms with Crippen LogP contribution in [0.2, 0.25) is 0 Å². The lowest BCUT2D eigenvalue weighted by Crippen LogP contribution is -2.31. The van der Waals surface area contributed by atoms with Crippen LogP contribution in [0.5, 0.6) is 0 Å². The highest BCUT2D eigenvalue weighted by atomic mass is 79.9. The van der Waals surface area contributed by atoms with Gasteiger partial charge in [-0.2, -0.15) is 0 Å². The van der Waals surface area contributed by atoms with E-state index in [9.17, 15) is 5.11 Å². The molecule has 0 saturated carbocycles. The number of aliphatic hydroxyl groups excluding tert-OH is 1. The molecule has 16 heavy (non-hydrogen) atoms. The molecule has 0 bridgehead atoms. The number of benzene rings is 1. The van der Waals surface area contributed by atoms with E-state index in [2.05, 4.69) is 33.4 Å². The van der Waals surface area contributed by atoms with Gasteiger partial charge in [0.25, 0.3) is 0 Å². The third-order valence-electron chi connectivity index (χ3n) is 2.16. The highest BCUT2D eigenvalue weighted by Gasteiger charge is 2.05. The Morgan fingerprint density at radius 1 is 1.38 bits per heavy atom. The molecule has 1 aromatic carbocycles. The Hall–Kier alpha value is -0.580. The largest absolute Gasteiger partial charge is 0.390 e. The fourth-order valence-corrected chi connectivity index (χ4v) is 2.17. The Bertz CT molecular complexity index is 322. The van der Waals surface area contributed by atoms with Gasteiger partial charge in [0.05, 0.1) is 6.10 Å². The Labute approximate surface area is 106 Å². The topological polar surface area (TPSA) is 35.5 Å². The first-order chi connectivity index (χ1) is 7.47. The van der Waals surface area contributed by atoms with E-state index in [4.69, 9.17) is 0 Å². The lowest BCUT2D eigenvalue weighted by molar-refractivity contribution is 0.148. The highest BCUT2D eigenvalue weighted by Crippen LogP contribution is 2.18. The van der Waals surface area contributed by atoms with Gasteiger partial charge >= 0.3 is 0 Å². The van der Waals surface area contributed by atoms with Gasteiger partial charge in [-0.25, -0.2) is 0 Å². The average Bonchev–Trinajstić information content (AvgIpc) is 2.12. The van der Waals surface area contributed by atoms with Crippen LogP contribution < -0.4 is 5.32 Å². The maximum Gasteiger partial charge on any atom is 0.0838 e. The molecule has 0 heterocycles. The zero-order valence-corrected chi connectivity index (χ0v) is 11.6. The molecule has 0 aliphatic carbocycles. The number of aryl methyl sites for hydroxylation is 1. The summed E-state index contributed by atoms with van der Waals surface area (Å²) in [5, 5.41) is 12.9. The van der Waals surface area contributed by atoms with Gasteiger partial charge in [0, 0.05) is 23.2 Å². The van der Waals surface area contributed by atoms with Crippen molar-refractivity contribution >= 4 is 21.6 Å². The predicted molar refractivity (Wildman–Crippen MR) is 71.9 cm³/mol. The third kappa shape index (κ3) is 4.96. The van der Waals surface area contributed by atoms with Crippen molar-refractivity contribution in [2.75, 3.05) is 32.5 Å². The van der Waals surface area contributed by atoms with Gasteiger partial charge < -0.3 is 15.3 Å². The van der Waals surface area contributed by atoms with Crippen LogP contribution in [-0.4, -0.2) is 43.3 Å². The number of hydrogen-bond donors (Lipinski definition) is 2. The van der Waals surface area contributed by atoms with Crippen LogP contribution >= 0.6 is 15.9 Å². The molecular weight excluding hydrogens is 268 g/mol. The minimum absolute atomic E-state index is 0.353. The van der Waals surface area contributed by atoms with Crippen molar-refractivity contribution < 1.29 is 5.11 Å². The summed E-state index contributed by atoms with van der Waals surface area (Å²) in [5.41, 5.74) is 2.23. The molecule has 1 unspecified atom stereocenters. The van der Waals surface area contributed by atoms with Gasteiger partial charge in [0.2, 0.25) is 0 Å². The number of nitrogens with zero attached hydrogens (tertiary/aromatic N) is 1. The normalized spacial score (nSPS) is 12.9. The molecule has 3 nitrogen and oxygen atoms in total. The summed E-state index contributed by atoms with van der Waals surface area (Å²) in [4.78, 5) is 1.97. The SMILES string of the molecule is Cc1cc(Br)cc(NCC(O)CN(C)C)c1. The molecule has 4 heteroatoms. The van der Waals surface area contributed by atoms with Crippen LogP contribution in [0.1, 0.15) is 5.56 Å². The zero-order valence-electron chi connectivity index (χ0n) is 10.00. The molecule has 0 spiro atoms. The van der Waals surface area contributed by atoms with E-state index in [1.807, 2.05) is 32.0 Å². The molecule has 1 rings (SSSR count). The highest BCUT2D eigenvalue weighted by molar-refractivity contribution is 9.10. The molecule has 0 fully saturated rings. The molecule has 2 N–H and O–H groups in total. The summed E-state index contributed by atoms with van der Waals surface area (Å²) in [6, 6.07) is 6.13. The molecule has 0 aromatic heterocycles. The molecular formula is C12H19BrN2O. The molecule has 0 amide bonds. The number of anilines is 1. The molecule has 1 aromatic rings. The second-order valence-corrected chi connectivity index (χ2v) is 5.23. The number of nitrogens with one attached hydrogen (secondary N) is 1. The minimum atomic E-state index is -0.353. The summed E-state index contributed by atoms with van der Waals surface area (Å²) in [6.07, 6.45) is -0.353. The van der Waals surface area contributed by atoms with Crippen molar-refractivity contribution in [3.8, 4) is 0 Å².